The number of nitrogens with one attached hydrogen (secondary N) is 3. The number of nitrogens with zero attached hydrogens (tertiary/aromatic N) is 1. The molecule has 2 rings (SSSR count). The van der Waals surface area contributed by atoms with Crippen LogP contribution in [0.3, 0.4) is 0 Å². The van der Waals surface area contributed by atoms with Gasteiger partial charge in [0.25, 0.3) is 0 Å². The molecule has 3 N–H and O–H groups in total. The lowest BCUT2D eigenvalue weighted by Gasteiger charge is -2.09. The Balaban J connectivity index is 1.64. The molecule has 0 aliphatic rings. The number of hydrogen-bond acceptors (Lipinski definition) is 5. The van der Waals surface area contributed by atoms with Crippen molar-refractivity contribution in [3.8, 4) is 5.75 Å². The van der Waals surface area contributed by atoms with E-state index in [1.807, 2.05) is 12.1 Å². The van der Waals surface area contributed by atoms with Gasteiger partial charge in [-0.2, -0.15) is 5.10 Å². The molecule has 2 aromatic rings. The summed E-state index contributed by atoms with van der Waals surface area (Å²) in [6, 6.07) is 7.13. The number of carbonyl (C=O) groups excluding carboxylic acids is 1. The van der Waals surface area contributed by atoms with Crippen LogP contribution in [0.25, 0.3) is 0 Å². The third-order valence-corrected chi connectivity index (χ3v) is 5.75. The number of halogens is 1. The second kappa shape index (κ2) is 9.72. The van der Waals surface area contributed by atoms with Gasteiger partial charge < -0.3 is 10.1 Å². The summed E-state index contributed by atoms with van der Waals surface area (Å²) in [5, 5.41) is 9.70. The van der Waals surface area contributed by atoms with E-state index in [1.54, 1.807) is 26.0 Å². The number of rotatable bonds is 10. The van der Waals surface area contributed by atoms with Gasteiger partial charge in [0.05, 0.1) is 23.0 Å². The quantitative estimate of drug-likeness (QED) is 0.514. The largest absolute Gasteiger partial charge is 0.492 e. The number of H-pyrrole nitrogens is 1. The molecule has 1 heterocycles. The number of carbonyl (C=O) groups is 1. The van der Waals surface area contributed by atoms with Gasteiger partial charge in [0, 0.05) is 19.5 Å². The minimum absolute atomic E-state index is 0.0915. The minimum Gasteiger partial charge on any atom is -0.492 e. The number of benzene rings is 1. The monoisotopic (exact) mass is 414 g/mol. The van der Waals surface area contributed by atoms with Crippen LogP contribution in [0.5, 0.6) is 5.75 Å². The number of ether oxygens (including phenoxy) is 1. The highest BCUT2D eigenvalue weighted by atomic mass is 35.5. The lowest BCUT2D eigenvalue weighted by Crippen LogP contribution is -2.35. The van der Waals surface area contributed by atoms with Crippen molar-refractivity contribution in [3.05, 3.63) is 40.7 Å². The van der Waals surface area contributed by atoms with Gasteiger partial charge >= 0.3 is 0 Å². The van der Waals surface area contributed by atoms with E-state index in [2.05, 4.69) is 20.2 Å². The van der Waals surface area contributed by atoms with Crippen molar-refractivity contribution in [3.63, 3.8) is 0 Å². The van der Waals surface area contributed by atoms with Gasteiger partial charge in [-0.15, -0.1) is 0 Å². The number of sulfonamides is 1. The van der Waals surface area contributed by atoms with E-state index in [4.69, 9.17) is 16.3 Å². The molecule has 0 aliphatic carbocycles. The van der Waals surface area contributed by atoms with Gasteiger partial charge in [-0.25, -0.2) is 13.1 Å². The van der Waals surface area contributed by atoms with Crippen molar-refractivity contribution in [1.82, 2.24) is 20.2 Å². The van der Waals surface area contributed by atoms with E-state index in [9.17, 15) is 13.2 Å². The van der Waals surface area contributed by atoms with Crippen LogP contribution < -0.4 is 14.8 Å². The molecular weight excluding hydrogens is 392 g/mol. The fourth-order valence-corrected chi connectivity index (χ4v) is 4.05. The maximum atomic E-state index is 12.2. The van der Waals surface area contributed by atoms with Crippen LogP contribution >= 0.6 is 11.6 Å². The molecule has 0 spiro atoms. The number of para-hydroxylation sites is 1. The maximum Gasteiger partial charge on any atom is 0.244 e. The molecule has 0 atom stereocenters. The summed E-state index contributed by atoms with van der Waals surface area (Å²) in [5.41, 5.74) is 0.880. The van der Waals surface area contributed by atoms with Crippen molar-refractivity contribution in [1.29, 1.82) is 0 Å². The summed E-state index contributed by atoms with van der Waals surface area (Å²) < 4.78 is 32.4. The average Bonchev–Trinajstić information content (AvgIpc) is 2.96. The molecule has 27 heavy (non-hydrogen) atoms. The Morgan fingerprint density at radius 2 is 2.00 bits per heavy atom. The van der Waals surface area contributed by atoms with Gasteiger partial charge in [0.1, 0.15) is 10.6 Å². The van der Waals surface area contributed by atoms with E-state index in [1.165, 1.54) is 0 Å². The Morgan fingerprint density at radius 3 is 2.67 bits per heavy atom. The van der Waals surface area contributed by atoms with Crippen LogP contribution in [0.4, 0.5) is 0 Å². The summed E-state index contributed by atoms with van der Waals surface area (Å²) in [6.45, 7) is 3.90. The normalized spacial score (nSPS) is 11.4. The van der Waals surface area contributed by atoms with E-state index < -0.39 is 10.0 Å². The predicted octanol–water partition coefficient (Wildman–Crippen LogP) is 1.93. The Morgan fingerprint density at radius 1 is 1.26 bits per heavy atom. The Bertz CT molecular complexity index is 863. The Kier molecular flexibility index (Phi) is 7.64. The van der Waals surface area contributed by atoms with Crippen LogP contribution in [-0.2, 0) is 14.8 Å². The van der Waals surface area contributed by atoms with E-state index >= 15 is 0 Å². The standard InChI is InChI=1S/C17H23ClN4O4S/c1-12-17(13(2)22-21-12)27(24,25)20-10-9-19-16(23)8-5-11-26-15-7-4-3-6-14(15)18/h3-4,6-7,20H,5,8-11H2,1-2H3,(H,19,23)(H,21,22). The van der Waals surface area contributed by atoms with Crippen LogP contribution in [0.2, 0.25) is 5.02 Å². The summed E-state index contributed by atoms with van der Waals surface area (Å²) in [5.74, 6) is 0.409. The zero-order valence-electron chi connectivity index (χ0n) is 15.2. The maximum absolute atomic E-state index is 12.2. The summed E-state index contributed by atoms with van der Waals surface area (Å²) in [4.78, 5) is 11.9. The van der Waals surface area contributed by atoms with Crippen LogP contribution in [0, 0.1) is 13.8 Å². The zero-order valence-corrected chi connectivity index (χ0v) is 16.8. The van der Waals surface area contributed by atoms with Crippen molar-refractivity contribution < 1.29 is 17.9 Å². The molecular formula is C17H23ClN4O4S. The SMILES string of the molecule is Cc1n[nH]c(C)c1S(=O)(=O)NCCNC(=O)CCCOc1ccccc1Cl. The third-order valence-electron chi connectivity index (χ3n) is 3.71. The fraction of sp³-hybridized carbons (Fsp3) is 0.412. The molecule has 0 bridgehead atoms. The third kappa shape index (κ3) is 6.23. The lowest BCUT2D eigenvalue weighted by molar-refractivity contribution is -0.121. The molecule has 8 nitrogen and oxygen atoms in total. The second-order valence-electron chi connectivity index (χ2n) is 5.89. The fourth-order valence-electron chi connectivity index (χ4n) is 2.46. The Labute approximate surface area is 163 Å². The molecule has 0 unspecified atom stereocenters. The van der Waals surface area contributed by atoms with Crippen molar-refractivity contribution in [2.24, 2.45) is 0 Å². The first kappa shape index (κ1) is 21.2. The summed E-state index contributed by atoms with van der Waals surface area (Å²) >= 11 is 5.98. The number of amides is 1. The van der Waals surface area contributed by atoms with Gasteiger partial charge in [-0.3, -0.25) is 9.89 Å². The first-order valence-corrected chi connectivity index (χ1v) is 10.3. The minimum atomic E-state index is -3.66. The number of aromatic nitrogens is 2. The van der Waals surface area contributed by atoms with Crippen molar-refractivity contribution in [2.45, 2.75) is 31.6 Å². The van der Waals surface area contributed by atoms with Gasteiger partial charge in [0.2, 0.25) is 15.9 Å². The highest BCUT2D eigenvalue weighted by Gasteiger charge is 2.21. The lowest BCUT2D eigenvalue weighted by atomic mass is 10.3. The van der Waals surface area contributed by atoms with Crippen LogP contribution in [0.1, 0.15) is 24.2 Å². The molecule has 0 saturated heterocycles. The molecule has 0 fully saturated rings. The Hall–Kier alpha value is -2.10. The van der Waals surface area contributed by atoms with Gasteiger partial charge in [0.15, 0.2) is 0 Å². The van der Waals surface area contributed by atoms with Crippen molar-refractivity contribution >= 4 is 27.5 Å². The first-order chi connectivity index (χ1) is 12.8. The molecule has 0 saturated carbocycles. The summed E-state index contributed by atoms with van der Waals surface area (Å²) in [7, 11) is -3.66. The second-order valence-corrected chi connectivity index (χ2v) is 8.00. The highest BCUT2D eigenvalue weighted by Crippen LogP contribution is 2.23. The molecule has 10 heteroatoms. The predicted molar refractivity (Wildman–Crippen MR) is 102 cm³/mol. The number of aryl methyl sites for hydroxylation is 2. The topological polar surface area (TPSA) is 113 Å². The molecule has 1 aromatic carbocycles. The average molecular weight is 415 g/mol. The van der Waals surface area contributed by atoms with Gasteiger partial charge in [-0.05, 0) is 32.4 Å². The van der Waals surface area contributed by atoms with E-state index in [0.717, 1.165) is 0 Å². The molecule has 148 valence electrons. The number of aromatic amines is 1. The molecule has 1 amide bonds. The zero-order chi connectivity index (χ0) is 19.9. The summed E-state index contributed by atoms with van der Waals surface area (Å²) in [6.07, 6.45) is 0.799. The van der Waals surface area contributed by atoms with Crippen LogP contribution in [0.15, 0.2) is 29.2 Å². The van der Waals surface area contributed by atoms with E-state index in [0.29, 0.717) is 35.2 Å². The van der Waals surface area contributed by atoms with Crippen molar-refractivity contribution in [2.75, 3.05) is 19.7 Å². The molecule has 0 radical (unpaired) electrons. The van der Waals surface area contributed by atoms with Gasteiger partial charge in [-0.1, -0.05) is 23.7 Å². The number of hydrogen-bond donors (Lipinski definition) is 3. The molecule has 0 aliphatic heterocycles. The van der Waals surface area contributed by atoms with E-state index in [-0.39, 0.29) is 30.3 Å². The van der Waals surface area contributed by atoms with Crippen LogP contribution in [-0.4, -0.2) is 44.2 Å². The highest BCUT2D eigenvalue weighted by molar-refractivity contribution is 7.89. The molecule has 1 aromatic heterocycles. The first-order valence-electron chi connectivity index (χ1n) is 8.46. The smallest absolute Gasteiger partial charge is 0.244 e.